The van der Waals surface area contributed by atoms with E-state index in [1.54, 1.807) is 21.7 Å². The average Bonchev–Trinajstić information content (AvgIpc) is 3.62. The molecule has 5 rings (SSSR count). The Morgan fingerprint density at radius 3 is 2.73 bits per heavy atom. The van der Waals surface area contributed by atoms with E-state index in [2.05, 4.69) is 10.3 Å². The number of pyridine rings is 2. The molecular formula is C23H22N4O3. The molecule has 0 radical (unpaired) electrons. The summed E-state index contributed by atoms with van der Waals surface area (Å²) in [6, 6.07) is 9.50. The monoisotopic (exact) mass is 402 g/mol. The molecule has 0 bridgehead atoms. The Morgan fingerprint density at radius 2 is 1.97 bits per heavy atom. The van der Waals surface area contributed by atoms with Crippen molar-refractivity contribution in [3.63, 3.8) is 0 Å². The summed E-state index contributed by atoms with van der Waals surface area (Å²) in [6.45, 7) is 0.834. The summed E-state index contributed by atoms with van der Waals surface area (Å²) in [7, 11) is 1.54. The van der Waals surface area contributed by atoms with Crippen molar-refractivity contribution in [2.45, 2.75) is 31.8 Å². The first-order chi connectivity index (χ1) is 14.6. The minimum absolute atomic E-state index is 0.0649. The van der Waals surface area contributed by atoms with Crippen LogP contribution in [-0.2, 0) is 13.0 Å². The summed E-state index contributed by atoms with van der Waals surface area (Å²) in [6.07, 6.45) is 5.87. The van der Waals surface area contributed by atoms with E-state index in [1.807, 2.05) is 30.5 Å². The average molecular weight is 402 g/mol. The molecule has 1 saturated carbocycles. The van der Waals surface area contributed by atoms with E-state index in [9.17, 15) is 14.4 Å². The zero-order valence-corrected chi connectivity index (χ0v) is 16.7. The lowest BCUT2D eigenvalue weighted by Crippen LogP contribution is -2.41. The van der Waals surface area contributed by atoms with Gasteiger partial charge in [-0.25, -0.2) is 0 Å². The van der Waals surface area contributed by atoms with E-state index >= 15 is 0 Å². The third-order valence-corrected chi connectivity index (χ3v) is 5.99. The number of para-hydroxylation sites is 1. The van der Waals surface area contributed by atoms with E-state index in [-0.39, 0.29) is 29.0 Å². The van der Waals surface area contributed by atoms with E-state index < -0.39 is 0 Å². The zero-order chi connectivity index (χ0) is 20.8. The van der Waals surface area contributed by atoms with Gasteiger partial charge in [-0.1, -0.05) is 18.2 Å². The number of nitrogens with zero attached hydrogens (tertiary/aromatic N) is 3. The molecule has 0 atom stereocenters. The van der Waals surface area contributed by atoms with Gasteiger partial charge in [0.1, 0.15) is 5.56 Å². The fourth-order valence-corrected chi connectivity index (χ4v) is 4.29. The summed E-state index contributed by atoms with van der Waals surface area (Å²) >= 11 is 0. The van der Waals surface area contributed by atoms with E-state index in [0.717, 1.165) is 34.9 Å². The third-order valence-electron chi connectivity index (χ3n) is 5.99. The maximum atomic E-state index is 13.3. The fourth-order valence-electron chi connectivity index (χ4n) is 4.29. The van der Waals surface area contributed by atoms with Crippen molar-refractivity contribution in [2.75, 3.05) is 13.6 Å². The highest BCUT2D eigenvalue weighted by Gasteiger charge is 2.32. The molecule has 152 valence electrons. The van der Waals surface area contributed by atoms with Crippen molar-refractivity contribution in [2.24, 2.45) is 0 Å². The van der Waals surface area contributed by atoms with Crippen LogP contribution in [0.4, 0.5) is 0 Å². The number of rotatable bonds is 3. The standard InChI is InChI=1S/C23H22N4O3/c1-24-21(28)20-16-9-11-26(12-14(16)13-27(23(20)30)15-6-7-15)22(29)18-8-10-25-19-5-3-2-4-17(18)19/h2-5,8,10,13,15H,6-7,9,11-12H2,1H3,(H,24,28). The highest BCUT2D eigenvalue weighted by molar-refractivity contribution is 6.06. The fraction of sp³-hybridized carbons (Fsp3) is 0.304. The number of benzene rings is 1. The van der Waals surface area contributed by atoms with Crippen LogP contribution >= 0.6 is 0 Å². The van der Waals surface area contributed by atoms with Gasteiger partial charge < -0.3 is 14.8 Å². The van der Waals surface area contributed by atoms with Crippen LogP contribution in [0.1, 0.15) is 50.7 Å². The van der Waals surface area contributed by atoms with Gasteiger partial charge in [0.2, 0.25) is 0 Å². The van der Waals surface area contributed by atoms with Crippen molar-refractivity contribution in [1.82, 2.24) is 19.8 Å². The van der Waals surface area contributed by atoms with Crippen molar-refractivity contribution in [3.05, 3.63) is 75.3 Å². The molecule has 1 fully saturated rings. The lowest BCUT2D eigenvalue weighted by atomic mass is 9.95. The van der Waals surface area contributed by atoms with Gasteiger partial charge in [0.05, 0.1) is 11.1 Å². The van der Waals surface area contributed by atoms with Crippen LogP contribution in [0, 0.1) is 0 Å². The minimum atomic E-state index is -0.355. The predicted octanol–water partition coefficient (Wildman–Crippen LogP) is 2.29. The Balaban J connectivity index is 1.55. The number of carbonyl (C=O) groups excluding carboxylic acids is 2. The maximum absolute atomic E-state index is 13.3. The molecule has 1 aliphatic heterocycles. The number of carbonyl (C=O) groups is 2. The zero-order valence-electron chi connectivity index (χ0n) is 16.7. The first-order valence-electron chi connectivity index (χ1n) is 10.2. The van der Waals surface area contributed by atoms with Gasteiger partial charge in [0.25, 0.3) is 17.4 Å². The molecule has 2 aliphatic rings. The number of aromatic nitrogens is 2. The lowest BCUT2D eigenvalue weighted by Gasteiger charge is -2.30. The Morgan fingerprint density at radius 1 is 1.17 bits per heavy atom. The third kappa shape index (κ3) is 2.98. The quantitative estimate of drug-likeness (QED) is 0.729. The van der Waals surface area contributed by atoms with E-state index in [0.29, 0.717) is 25.1 Å². The summed E-state index contributed by atoms with van der Waals surface area (Å²) in [5.74, 6) is -0.420. The Kier molecular flexibility index (Phi) is 4.38. The first-order valence-corrected chi connectivity index (χ1v) is 10.2. The second-order valence-corrected chi connectivity index (χ2v) is 7.88. The van der Waals surface area contributed by atoms with Crippen molar-refractivity contribution < 1.29 is 9.59 Å². The van der Waals surface area contributed by atoms with Crippen LogP contribution in [0.3, 0.4) is 0 Å². The number of nitrogens with one attached hydrogen (secondary N) is 1. The summed E-state index contributed by atoms with van der Waals surface area (Å²) in [4.78, 5) is 44.9. The van der Waals surface area contributed by atoms with Crippen LogP contribution in [0.5, 0.6) is 0 Å². The second kappa shape index (κ2) is 7.09. The molecule has 1 aromatic carbocycles. The number of fused-ring (bicyclic) bond motifs is 2. The number of hydrogen-bond acceptors (Lipinski definition) is 4. The maximum Gasteiger partial charge on any atom is 0.263 e. The molecule has 1 N–H and O–H groups in total. The lowest BCUT2D eigenvalue weighted by molar-refractivity contribution is 0.0736. The van der Waals surface area contributed by atoms with E-state index in [4.69, 9.17) is 0 Å². The molecule has 0 unspecified atom stereocenters. The van der Waals surface area contributed by atoms with Gasteiger partial charge in [-0.3, -0.25) is 19.4 Å². The van der Waals surface area contributed by atoms with Crippen molar-refractivity contribution in [1.29, 1.82) is 0 Å². The second-order valence-electron chi connectivity index (χ2n) is 7.88. The molecule has 0 saturated heterocycles. The molecular weight excluding hydrogens is 380 g/mol. The summed E-state index contributed by atoms with van der Waals surface area (Å²) in [5, 5.41) is 3.42. The summed E-state index contributed by atoms with van der Waals surface area (Å²) < 4.78 is 1.68. The van der Waals surface area contributed by atoms with Crippen LogP contribution in [0.2, 0.25) is 0 Å². The minimum Gasteiger partial charge on any atom is -0.355 e. The molecule has 7 heteroatoms. The van der Waals surface area contributed by atoms with Gasteiger partial charge in [0, 0.05) is 44.0 Å². The van der Waals surface area contributed by atoms with Gasteiger partial charge in [-0.05, 0) is 42.5 Å². The Labute approximate surface area is 173 Å². The highest BCUT2D eigenvalue weighted by atomic mass is 16.2. The Hall–Kier alpha value is -3.48. The molecule has 3 aromatic rings. The molecule has 2 aromatic heterocycles. The molecule has 3 heterocycles. The van der Waals surface area contributed by atoms with Gasteiger partial charge in [-0.15, -0.1) is 0 Å². The van der Waals surface area contributed by atoms with Crippen molar-refractivity contribution in [3.8, 4) is 0 Å². The normalized spacial score (nSPS) is 15.7. The largest absolute Gasteiger partial charge is 0.355 e. The van der Waals surface area contributed by atoms with Gasteiger partial charge >= 0.3 is 0 Å². The molecule has 2 amide bonds. The molecule has 30 heavy (non-hydrogen) atoms. The van der Waals surface area contributed by atoms with Crippen LogP contribution in [-0.4, -0.2) is 39.9 Å². The molecule has 1 aliphatic carbocycles. The van der Waals surface area contributed by atoms with E-state index in [1.165, 1.54) is 7.05 Å². The molecule has 0 spiro atoms. The highest BCUT2D eigenvalue weighted by Crippen LogP contribution is 2.35. The molecule has 7 nitrogen and oxygen atoms in total. The Bertz CT molecular complexity index is 1240. The van der Waals surface area contributed by atoms with Crippen LogP contribution in [0.25, 0.3) is 10.9 Å². The first kappa shape index (κ1) is 18.5. The number of hydrogen-bond donors (Lipinski definition) is 1. The topological polar surface area (TPSA) is 84.3 Å². The van der Waals surface area contributed by atoms with Crippen LogP contribution < -0.4 is 10.9 Å². The predicted molar refractivity (Wildman–Crippen MR) is 113 cm³/mol. The number of amides is 2. The van der Waals surface area contributed by atoms with Crippen molar-refractivity contribution >= 4 is 22.7 Å². The smallest absolute Gasteiger partial charge is 0.263 e. The van der Waals surface area contributed by atoms with Gasteiger partial charge in [-0.2, -0.15) is 0 Å². The van der Waals surface area contributed by atoms with Gasteiger partial charge in [0.15, 0.2) is 0 Å². The SMILES string of the molecule is CNC(=O)c1c2c(cn(C3CC3)c1=O)CN(C(=O)c1ccnc3ccccc13)CC2. The summed E-state index contributed by atoms with van der Waals surface area (Å²) in [5.41, 5.74) is 3.04. The van der Waals surface area contributed by atoms with Crippen LogP contribution in [0.15, 0.2) is 47.5 Å².